The Balaban J connectivity index is 2.51. The number of methoxy groups -OCH3 is 1. The predicted molar refractivity (Wildman–Crippen MR) is 81.0 cm³/mol. The van der Waals surface area contributed by atoms with E-state index in [1.807, 2.05) is 24.3 Å². The van der Waals surface area contributed by atoms with Crippen molar-refractivity contribution in [2.45, 2.75) is 32.5 Å². The molecule has 1 aromatic carbocycles. The largest absolute Gasteiger partial charge is 0.497 e. The second-order valence-corrected chi connectivity index (χ2v) is 9.90. The van der Waals surface area contributed by atoms with Gasteiger partial charge in [-0.1, -0.05) is 12.1 Å². The lowest BCUT2D eigenvalue weighted by Gasteiger charge is -2.32. The van der Waals surface area contributed by atoms with Crippen LogP contribution in [0.1, 0.15) is 26.3 Å². The minimum Gasteiger partial charge on any atom is -0.497 e. The van der Waals surface area contributed by atoms with Crippen molar-refractivity contribution in [1.82, 2.24) is 0 Å². The fourth-order valence-corrected chi connectivity index (χ4v) is 2.17. The number of rotatable bonds is 5. The first-order chi connectivity index (χ1) is 8.26. The molecule has 0 spiro atoms. The highest BCUT2D eigenvalue weighted by atomic mass is 31.2. The van der Waals surface area contributed by atoms with Gasteiger partial charge in [-0.2, -0.15) is 0 Å². The van der Waals surface area contributed by atoms with E-state index in [0.717, 1.165) is 11.3 Å². The number of benzene rings is 1. The Morgan fingerprint density at radius 3 is 2.50 bits per heavy atom. The van der Waals surface area contributed by atoms with Gasteiger partial charge in [-0.25, -0.2) is 0 Å². The van der Waals surface area contributed by atoms with E-state index >= 15 is 0 Å². The molecular formula is C14H23BO2P+. The summed E-state index contributed by atoms with van der Waals surface area (Å²) in [6.07, 6.45) is 0.647. The molecule has 0 aliphatic heterocycles. The minimum atomic E-state index is -1.54. The Labute approximate surface area is 113 Å². The topological polar surface area (TPSA) is 18.5 Å². The molecule has 0 aliphatic carbocycles. The van der Waals surface area contributed by atoms with Crippen LogP contribution in [0.4, 0.5) is 0 Å². The van der Waals surface area contributed by atoms with Crippen molar-refractivity contribution in [3.63, 3.8) is 0 Å². The van der Waals surface area contributed by atoms with Crippen LogP contribution < -0.4 is 4.74 Å². The normalized spacial score (nSPS) is 15.2. The predicted octanol–water partition coefficient (Wildman–Crippen LogP) is 3.70. The molecule has 0 N–H and O–H groups in total. The summed E-state index contributed by atoms with van der Waals surface area (Å²) < 4.78 is 11.0. The summed E-state index contributed by atoms with van der Waals surface area (Å²) in [5, 5.41) is 0.126. The highest BCUT2D eigenvalue weighted by Gasteiger charge is 2.39. The molecule has 0 saturated carbocycles. The van der Waals surface area contributed by atoms with Crippen LogP contribution in [-0.2, 0) is 11.3 Å². The van der Waals surface area contributed by atoms with Crippen molar-refractivity contribution < 1.29 is 9.47 Å². The lowest BCUT2D eigenvalue weighted by atomic mass is 10.2. The van der Waals surface area contributed by atoms with Gasteiger partial charge in [0.15, 0.2) is 0 Å². The second-order valence-electron chi connectivity index (χ2n) is 5.77. The van der Waals surface area contributed by atoms with Gasteiger partial charge in [0, 0.05) is 6.66 Å². The second kappa shape index (κ2) is 6.08. The maximum absolute atomic E-state index is 6.38. The Kier molecular flexibility index (Phi) is 5.25. The molecule has 98 valence electrons. The lowest BCUT2D eigenvalue weighted by Crippen LogP contribution is -2.23. The van der Waals surface area contributed by atoms with E-state index in [9.17, 15) is 0 Å². The molecule has 1 atom stereocenters. The van der Waals surface area contributed by atoms with Crippen LogP contribution in [0.25, 0.3) is 0 Å². The average molecular weight is 265 g/mol. The van der Waals surface area contributed by atoms with E-state index in [4.69, 9.17) is 17.0 Å². The number of ether oxygens (including phenoxy) is 2. The van der Waals surface area contributed by atoms with Crippen LogP contribution in [-0.4, -0.2) is 32.8 Å². The van der Waals surface area contributed by atoms with Crippen molar-refractivity contribution in [2.75, 3.05) is 20.1 Å². The SMILES string of the molecule is [B][P+](C)(COCc1cccc(OC)c1)C(C)(C)C. The van der Waals surface area contributed by atoms with Crippen molar-refractivity contribution in [3.8, 4) is 5.75 Å². The minimum absolute atomic E-state index is 0.126. The van der Waals surface area contributed by atoms with Gasteiger partial charge in [-0.15, -0.1) is 0 Å². The quantitative estimate of drug-likeness (QED) is 0.597. The molecule has 1 rings (SSSR count). The summed E-state index contributed by atoms with van der Waals surface area (Å²) >= 11 is 0. The van der Waals surface area contributed by atoms with Gasteiger partial charge in [-0.3, -0.25) is 0 Å². The monoisotopic (exact) mass is 265 g/mol. The molecule has 18 heavy (non-hydrogen) atoms. The summed E-state index contributed by atoms with van der Waals surface area (Å²) in [6.45, 7) is 9.25. The summed E-state index contributed by atoms with van der Waals surface area (Å²) in [5.74, 6) is 0.859. The highest BCUT2D eigenvalue weighted by molar-refractivity contribution is 7.97. The van der Waals surface area contributed by atoms with Crippen LogP contribution in [0, 0.1) is 0 Å². The van der Waals surface area contributed by atoms with Crippen LogP contribution in [0.3, 0.4) is 0 Å². The van der Waals surface area contributed by atoms with Gasteiger partial charge in [0.05, 0.1) is 18.9 Å². The van der Waals surface area contributed by atoms with Crippen molar-refractivity contribution in [3.05, 3.63) is 29.8 Å². The zero-order valence-electron chi connectivity index (χ0n) is 12.1. The molecule has 0 fully saturated rings. The molecular weight excluding hydrogens is 242 g/mol. The molecule has 0 heterocycles. The maximum atomic E-state index is 6.38. The first-order valence-electron chi connectivity index (χ1n) is 6.11. The molecule has 4 heteroatoms. The number of hydrogen-bond acceptors (Lipinski definition) is 2. The number of hydrogen-bond donors (Lipinski definition) is 0. The maximum Gasteiger partial charge on any atom is 0.368 e. The van der Waals surface area contributed by atoms with Gasteiger partial charge in [0.1, 0.15) is 12.1 Å². The van der Waals surface area contributed by atoms with Gasteiger partial charge >= 0.3 is 7.57 Å². The fraction of sp³-hybridized carbons (Fsp3) is 0.571. The fourth-order valence-electron chi connectivity index (χ4n) is 1.31. The van der Waals surface area contributed by atoms with E-state index in [-0.39, 0.29) is 5.16 Å². The van der Waals surface area contributed by atoms with Gasteiger partial charge in [0.25, 0.3) is 0 Å². The van der Waals surface area contributed by atoms with Crippen LogP contribution >= 0.6 is 7.14 Å². The summed E-state index contributed by atoms with van der Waals surface area (Å²) in [5.41, 5.74) is 1.11. The third-order valence-corrected chi connectivity index (χ3v) is 7.08. The first-order valence-corrected chi connectivity index (χ1v) is 8.60. The summed E-state index contributed by atoms with van der Waals surface area (Å²) in [7, 11) is 6.51. The molecule has 1 unspecified atom stereocenters. The lowest BCUT2D eigenvalue weighted by molar-refractivity contribution is 0.164. The first kappa shape index (κ1) is 15.5. The molecule has 0 bridgehead atoms. The van der Waals surface area contributed by atoms with E-state index in [1.54, 1.807) is 7.11 Å². The zero-order chi connectivity index (χ0) is 13.8. The van der Waals surface area contributed by atoms with E-state index < -0.39 is 7.14 Å². The van der Waals surface area contributed by atoms with Crippen LogP contribution in [0.15, 0.2) is 24.3 Å². The third kappa shape index (κ3) is 4.30. The third-order valence-electron chi connectivity index (χ3n) is 3.29. The molecule has 2 radical (unpaired) electrons. The molecule has 0 amide bonds. The molecule has 0 aromatic heterocycles. The molecule has 0 saturated heterocycles. The smallest absolute Gasteiger partial charge is 0.368 e. The van der Waals surface area contributed by atoms with E-state index in [2.05, 4.69) is 27.4 Å². The Morgan fingerprint density at radius 2 is 1.94 bits per heavy atom. The summed E-state index contributed by atoms with van der Waals surface area (Å²) in [4.78, 5) is 0. The standard InChI is InChI=1S/C14H23BO2P/c1-14(2,3)18(5,15)11-17-10-12-7-6-8-13(9-12)16-4/h6-9H,10-11H2,1-5H3/q+1. The molecule has 2 nitrogen and oxygen atoms in total. The van der Waals surface area contributed by atoms with Gasteiger partial charge in [-0.05, 0) is 45.6 Å². The molecule has 1 aromatic rings. The van der Waals surface area contributed by atoms with Gasteiger partial charge in [0.2, 0.25) is 0 Å². The highest BCUT2D eigenvalue weighted by Crippen LogP contribution is 2.61. The van der Waals surface area contributed by atoms with Crippen molar-refractivity contribution in [1.29, 1.82) is 0 Å². The van der Waals surface area contributed by atoms with Crippen molar-refractivity contribution in [2.24, 2.45) is 0 Å². The Hall–Kier alpha value is -0.525. The average Bonchev–Trinajstić information content (AvgIpc) is 2.27. The van der Waals surface area contributed by atoms with Crippen LogP contribution in [0.5, 0.6) is 5.75 Å². The summed E-state index contributed by atoms with van der Waals surface area (Å²) in [6, 6.07) is 7.92. The van der Waals surface area contributed by atoms with Gasteiger partial charge < -0.3 is 9.47 Å². The Bertz CT molecular complexity index is 386. The van der Waals surface area contributed by atoms with Crippen LogP contribution in [0.2, 0.25) is 0 Å². The van der Waals surface area contributed by atoms with E-state index in [1.165, 1.54) is 0 Å². The molecule has 0 aliphatic rings. The zero-order valence-corrected chi connectivity index (χ0v) is 13.0. The van der Waals surface area contributed by atoms with E-state index in [0.29, 0.717) is 13.0 Å². The van der Waals surface area contributed by atoms with Crippen molar-refractivity contribution >= 4 is 14.7 Å². The Morgan fingerprint density at radius 1 is 1.28 bits per heavy atom.